The topological polar surface area (TPSA) is 104 Å². The van der Waals surface area contributed by atoms with Gasteiger partial charge in [0.25, 0.3) is 0 Å². The number of carboxylic acid groups (broad SMARTS) is 1. The summed E-state index contributed by atoms with van der Waals surface area (Å²) in [5.41, 5.74) is 3.04. The molecule has 1 heterocycles. The molecule has 0 unspecified atom stereocenters. The Morgan fingerprint density at radius 3 is 2.55 bits per heavy atom. The number of benzene rings is 1. The van der Waals surface area contributed by atoms with E-state index in [1.54, 1.807) is 24.3 Å². The largest absolute Gasteiger partial charge is 0.481 e. The molecule has 2 amide bonds. The number of nitrogens with one attached hydrogen (secondary N) is 2. The molecule has 0 saturated carbocycles. The summed E-state index contributed by atoms with van der Waals surface area (Å²) >= 11 is 1.22. The summed E-state index contributed by atoms with van der Waals surface area (Å²) < 4.78 is 0. The Bertz CT molecular complexity index is 583. The Balaban J connectivity index is 1.86. The van der Waals surface area contributed by atoms with Crippen LogP contribution in [0.3, 0.4) is 0 Å². The highest BCUT2D eigenvalue weighted by molar-refractivity contribution is 7.13. The lowest BCUT2D eigenvalue weighted by Gasteiger charge is -2.06. The molecule has 2 aromatic rings. The van der Waals surface area contributed by atoms with E-state index in [0.29, 0.717) is 17.2 Å². The first-order valence-corrected chi connectivity index (χ1v) is 6.66. The number of carboxylic acids is 1. The van der Waals surface area contributed by atoms with Gasteiger partial charge in [-0.05, 0) is 24.1 Å². The zero-order valence-electron chi connectivity index (χ0n) is 10.4. The predicted molar refractivity (Wildman–Crippen MR) is 74.9 cm³/mol. The average molecular weight is 292 g/mol. The molecular formula is C12H12N4O3S. The molecule has 104 valence electrons. The average Bonchev–Trinajstić information content (AvgIpc) is 2.90. The van der Waals surface area contributed by atoms with Gasteiger partial charge in [-0.1, -0.05) is 23.5 Å². The lowest BCUT2D eigenvalue weighted by atomic mass is 10.1. The summed E-state index contributed by atoms with van der Waals surface area (Å²) in [5.74, 6) is -0.830. The van der Waals surface area contributed by atoms with Crippen LogP contribution in [0.2, 0.25) is 0 Å². The van der Waals surface area contributed by atoms with E-state index >= 15 is 0 Å². The molecule has 0 aliphatic heterocycles. The molecule has 1 aromatic carbocycles. The van der Waals surface area contributed by atoms with Gasteiger partial charge in [-0.2, -0.15) is 0 Å². The number of aryl methyl sites for hydroxylation is 1. The second-order valence-corrected chi connectivity index (χ2v) is 4.75. The first kappa shape index (κ1) is 13.9. The van der Waals surface area contributed by atoms with Crippen molar-refractivity contribution in [3.8, 4) is 0 Å². The summed E-state index contributed by atoms with van der Waals surface area (Å²) in [7, 11) is 0. The van der Waals surface area contributed by atoms with E-state index in [2.05, 4.69) is 20.8 Å². The molecule has 2 rings (SSSR count). The number of nitrogens with zero attached hydrogens (tertiary/aromatic N) is 2. The van der Waals surface area contributed by atoms with Crippen LogP contribution in [0.15, 0.2) is 29.8 Å². The Morgan fingerprint density at radius 2 is 1.95 bits per heavy atom. The molecule has 0 spiro atoms. The lowest BCUT2D eigenvalue weighted by Crippen LogP contribution is -2.19. The van der Waals surface area contributed by atoms with Crippen molar-refractivity contribution in [1.82, 2.24) is 10.2 Å². The van der Waals surface area contributed by atoms with Crippen molar-refractivity contribution in [2.45, 2.75) is 12.8 Å². The van der Waals surface area contributed by atoms with Crippen LogP contribution in [0.5, 0.6) is 0 Å². The van der Waals surface area contributed by atoms with Crippen molar-refractivity contribution < 1.29 is 14.7 Å². The summed E-state index contributed by atoms with van der Waals surface area (Å²) in [6.45, 7) is 0. The van der Waals surface area contributed by atoms with Gasteiger partial charge in [0.1, 0.15) is 5.51 Å². The Morgan fingerprint density at radius 1 is 1.20 bits per heavy atom. The fraction of sp³-hybridized carbons (Fsp3) is 0.167. The van der Waals surface area contributed by atoms with Crippen molar-refractivity contribution in [3.05, 3.63) is 35.3 Å². The lowest BCUT2D eigenvalue weighted by molar-refractivity contribution is -0.136. The molecule has 0 aliphatic carbocycles. The third-order valence-electron chi connectivity index (χ3n) is 2.42. The highest BCUT2D eigenvalue weighted by Gasteiger charge is 2.05. The normalized spacial score (nSPS) is 10.0. The third kappa shape index (κ3) is 4.32. The van der Waals surface area contributed by atoms with Gasteiger partial charge in [0.15, 0.2) is 0 Å². The minimum absolute atomic E-state index is 0.0876. The Hall–Kier alpha value is -2.48. The van der Waals surface area contributed by atoms with Gasteiger partial charge in [0, 0.05) is 12.1 Å². The van der Waals surface area contributed by atoms with Gasteiger partial charge >= 0.3 is 12.0 Å². The molecule has 0 atom stereocenters. The first-order valence-electron chi connectivity index (χ1n) is 5.78. The maximum absolute atomic E-state index is 11.6. The Kier molecular flexibility index (Phi) is 4.61. The van der Waals surface area contributed by atoms with Crippen molar-refractivity contribution >= 4 is 34.2 Å². The monoisotopic (exact) mass is 292 g/mol. The smallest absolute Gasteiger partial charge is 0.325 e. The quantitative estimate of drug-likeness (QED) is 0.783. The molecular weight excluding hydrogens is 280 g/mol. The molecule has 20 heavy (non-hydrogen) atoms. The van der Waals surface area contributed by atoms with E-state index < -0.39 is 12.0 Å². The maximum atomic E-state index is 11.6. The molecule has 0 fully saturated rings. The van der Waals surface area contributed by atoms with Crippen LogP contribution in [0.25, 0.3) is 0 Å². The standard InChI is InChI=1S/C12H12N4O3S/c17-10(18)6-3-8-1-4-9(5-2-8)14-11(19)15-12-16-13-7-20-12/h1-2,4-5,7H,3,6H2,(H,17,18)(H2,14,15,16,19). The van der Waals surface area contributed by atoms with E-state index in [1.807, 2.05) is 0 Å². The van der Waals surface area contributed by atoms with Crippen molar-refractivity contribution in [1.29, 1.82) is 0 Å². The number of carbonyl (C=O) groups is 2. The first-order chi connectivity index (χ1) is 9.63. The predicted octanol–water partition coefficient (Wildman–Crippen LogP) is 2.20. The minimum atomic E-state index is -0.830. The number of rotatable bonds is 5. The molecule has 7 nitrogen and oxygen atoms in total. The van der Waals surface area contributed by atoms with Gasteiger partial charge in [-0.3, -0.25) is 10.1 Å². The number of hydrogen-bond acceptors (Lipinski definition) is 5. The van der Waals surface area contributed by atoms with E-state index in [0.717, 1.165) is 5.56 Å². The van der Waals surface area contributed by atoms with Gasteiger partial charge in [0.05, 0.1) is 0 Å². The second-order valence-electron chi connectivity index (χ2n) is 3.91. The van der Waals surface area contributed by atoms with Gasteiger partial charge in [-0.25, -0.2) is 4.79 Å². The molecule has 0 aliphatic rings. The van der Waals surface area contributed by atoms with E-state index in [1.165, 1.54) is 16.8 Å². The molecule has 8 heteroatoms. The number of amides is 2. The van der Waals surface area contributed by atoms with Crippen LogP contribution in [-0.2, 0) is 11.2 Å². The SMILES string of the molecule is O=C(O)CCc1ccc(NC(=O)Nc2nncs2)cc1. The fourth-order valence-electron chi connectivity index (χ4n) is 1.49. The molecule has 3 N–H and O–H groups in total. The van der Waals surface area contributed by atoms with Crippen LogP contribution >= 0.6 is 11.3 Å². The maximum Gasteiger partial charge on any atom is 0.325 e. The summed E-state index contributed by atoms with van der Waals surface area (Å²) in [4.78, 5) is 22.1. The zero-order valence-corrected chi connectivity index (χ0v) is 11.2. The van der Waals surface area contributed by atoms with Crippen LogP contribution < -0.4 is 10.6 Å². The number of urea groups is 1. The highest BCUT2D eigenvalue weighted by Crippen LogP contribution is 2.13. The van der Waals surface area contributed by atoms with Gasteiger partial charge in [0.2, 0.25) is 5.13 Å². The fourth-order valence-corrected chi connectivity index (χ4v) is 1.93. The molecule has 0 radical (unpaired) electrons. The Labute approximate surface area is 118 Å². The highest BCUT2D eigenvalue weighted by atomic mass is 32.1. The zero-order chi connectivity index (χ0) is 14.4. The van der Waals surface area contributed by atoms with Crippen LogP contribution in [0, 0.1) is 0 Å². The van der Waals surface area contributed by atoms with E-state index in [9.17, 15) is 9.59 Å². The summed E-state index contributed by atoms with van der Waals surface area (Å²) in [5, 5.41) is 21.5. The second kappa shape index (κ2) is 6.62. The van der Waals surface area contributed by atoms with Gasteiger partial charge in [-0.15, -0.1) is 10.2 Å². The van der Waals surface area contributed by atoms with Gasteiger partial charge < -0.3 is 10.4 Å². The number of hydrogen-bond donors (Lipinski definition) is 3. The number of anilines is 2. The summed E-state index contributed by atoms with van der Waals surface area (Å²) in [6.07, 6.45) is 0.552. The minimum Gasteiger partial charge on any atom is -0.481 e. The third-order valence-corrected chi connectivity index (χ3v) is 3.03. The molecule has 1 aromatic heterocycles. The van der Waals surface area contributed by atoms with Crippen molar-refractivity contribution in [2.24, 2.45) is 0 Å². The summed E-state index contributed by atoms with van der Waals surface area (Å²) in [6, 6.07) is 6.60. The number of aromatic nitrogens is 2. The molecule has 0 saturated heterocycles. The van der Waals surface area contributed by atoms with E-state index in [-0.39, 0.29) is 6.42 Å². The van der Waals surface area contributed by atoms with Crippen LogP contribution in [0.1, 0.15) is 12.0 Å². The van der Waals surface area contributed by atoms with Crippen molar-refractivity contribution in [3.63, 3.8) is 0 Å². The number of aliphatic carboxylic acids is 1. The van der Waals surface area contributed by atoms with Crippen molar-refractivity contribution in [2.75, 3.05) is 10.6 Å². The van der Waals surface area contributed by atoms with E-state index in [4.69, 9.17) is 5.11 Å². The molecule has 0 bridgehead atoms. The van der Waals surface area contributed by atoms with Crippen LogP contribution in [-0.4, -0.2) is 27.3 Å². The van der Waals surface area contributed by atoms with Crippen LogP contribution in [0.4, 0.5) is 15.6 Å². The number of carbonyl (C=O) groups excluding carboxylic acids is 1.